The molecule has 3 rings (SSSR count). The molecule has 0 radical (unpaired) electrons. The number of hydrogen-bond acceptors (Lipinski definition) is 3. The predicted molar refractivity (Wildman–Crippen MR) is 72.0 cm³/mol. The number of benzene rings is 2. The van der Waals surface area contributed by atoms with Crippen molar-refractivity contribution in [3.05, 3.63) is 53.7 Å². The Hall–Kier alpha value is -2.20. The molecule has 0 aliphatic carbocycles. The highest BCUT2D eigenvalue weighted by Gasteiger charge is 2.14. The van der Waals surface area contributed by atoms with Crippen molar-refractivity contribution in [2.75, 3.05) is 0 Å². The average molecular weight is 255 g/mol. The van der Waals surface area contributed by atoms with Crippen LogP contribution in [0, 0.1) is 0 Å². The first-order chi connectivity index (χ1) is 8.75. The quantitative estimate of drug-likeness (QED) is 0.760. The van der Waals surface area contributed by atoms with Gasteiger partial charge >= 0.3 is 5.97 Å². The Bertz CT molecular complexity index is 720. The summed E-state index contributed by atoms with van der Waals surface area (Å²) in [5.41, 5.74) is 2.75. The molecule has 0 saturated carbocycles. The monoisotopic (exact) mass is 255 g/mol. The van der Waals surface area contributed by atoms with Gasteiger partial charge in [0.1, 0.15) is 0 Å². The Morgan fingerprint density at radius 2 is 1.89 bits per heavy atom. The standard InChI is InChI=1S/C14H9NO2S/c16-14(17)12-6-10-4-2-1-3-9(10)5-11(12)13-7-15-8-18-13/h1-8H,(H,16,17). The molecule has 3 nitrogen and oxygen atoms in total. The predicted octanol–water partition coefficient (Wildman–Crippen LogP) is 3.66. The Morgan fingerprint density at radius 3 is 2.50 bits per heavy atom. The minimum Gasteiger partial charge on any atom is -0.478 e. The van der Waals surface area contributed by atoms with Gasteiger partial charge in [0.2, 0.25) is 0 Å². The maximum absolute atomic E-state index is 11.3. The first-order valence-electron chi connectivity index (χ1n) is 5.40. The second-order valence-electron chi connectivity index (χ2n) is 3.92. The normalized spacial score (nSPS) is 10.7. The zero-order valence-electron chi connectivity index (χ0n) is 9.33. The molecule has 0 aliphatic rings. The van der Waals surface area contributed by atoms with Crippen molar-refractivity contribution in [3.8, 4) is 10.4 Å². The van der Waals surface area contributed by atoms with E-state index in [-0.39, 0.29) is 0 Å². The van der Waals surface area contributed by atoms with Gasteiger partial charge in [-0.2, -0.15) is 0 Å². The smallest absolute Gasteiger partial charge is 0.336 e. The van der Waals surface area contributed by atoms with Gasteiger partial charge in [-0.3, -0.25) is 4.98 Å². The molecule has 1 aromatic heterocycles. The SMILES string of the molecule is O=C(O)c1cc2ccccc2cc1-c1cncs1. The van der Waals surface area contributed by atoms with Crippen LogP contribution in [0.15, 0.2) is 48.1 Å². The summed E-state index contributed by atoms with van der Waals surface area (Å²) in [6.07, 6.45) is 1.70. The number of aromatic carboxylic acids is 1. The van der Waals surface area contributed by atoms with Crippen LogP contribution in [0.1, 0.15) is 10.4 Å². The van der Waals surface area contributed by atoms with E-state index in [1.54, 1.807) is 17.8 Å². The van der Waals surface area contributed by atoms with Crippen LogP contribution < -0.4 is 0 Å². The number of carboxylic acids is 1. The van der Waals surface area contributed by atoms with Crippen LogP contribution in [-0.2, 0) is 0 Å². The van der Waals surface area contributed by atoms with Gasteiger partial charge in [-0.25, -0.2) is 4.79 Å². The third kappa shape index (κ3) is 1.76. The number of hydrogen-bond donors (Lipinski definition) is 1. The van der Waals surface area contributed by atoms with Gasteiger partial charge in [-0.05, 0) is 22.9 Å². The summed E-state index contributed by atoms with van der Waals surface area (Å²) in [4.78, 5) is 16.2. The van der Waals surface area contributed by atoms with Gasteiger partial charge < -0.3 is 5.11 Å². The van der Waals surface area contributed by atoms with E-state index in [1.165, 1.54) is 11.3 Å². The molecule has 1 heterocycles. The minimum atomic E-state index is -0.913. The van der Waals surface area contributed by atoms with Crippen molar-refractivity contribution in [1.29, 1.82) is 0 Å². The summed E-state index contributed by atoms with van der Waals surface area (Å²) in [5.74, 6) is -0.913. The van der Waals surface area contributed by atoms with E-state index in [9.17, 15) is 9.90 Å². The van der Waals surface area contributed by atoms with Gasteiger partial charge in [-0.1, -0.05) is 24.3 Å². The highest BCUT2D eigenvalue weighted by molar-refractivity contribution is 7.13. The number of fused-ring (bicyclic) bond motifs is 1. The maximum atomic E-state index is 11.3. The van der Waals surface area contributed by atoms with E-state index in [0.717, 1.165) is 21.2 Å². The highest BCUT2D eigenvalue weighted by atomic mass is 32.1. The van der Waals surface area contributed by atoms with Crippen LogP contribution in [-0.4, -0.2) is 16.1 Å². The second-order valence-corrected chi connectivity index (χ2v) is 4.80. The van der Waals surface area contributed by atoms with Crippen molar-refractivity contribution < 1.29 is 9.90 Å². The molecular weight excluding hydrogens is 246 g/mol. The summed E-state index contributed by atoms with van der Waals surface area (Å²) in [7, 11) is 0. The van der Waals surface area contributed by atoms with E-state index >= 15 is 0 Å². The summed E-state index contributed by atoms with van der Waals surface area (Å²) < 4.78 is 0. The average Bonchev–Trinajstić information content (AvgIpc) is 2.91. The van der Waals surface area contributed by atoms with Gasteiger partial charge in [-0.15, -0.1) is 11.3 Å². The van der Waals surface area contributed by atoms with Crippen LogP contribution in [0.25, 0.3) is 21.2 Å². The molecule has 0 spiro atoms. The lowest BCUT2D eigenvalue weighted by Gasteiger charge is -2.06. The Morgan fingerprint density at radius 1 is 1.17 bits per heavy atom. The topological polar surface area (TPSA) is 50.2 Å². The molecule has 0 aliphatic heterocycles. The maximum Gasteiger partial charge on any atom is 0.336 e. The number of nitrogens with zero attached hydrogens (tertiary/aromatic N) is 1. The molecule has 0 unspecified atom stereocenters. The molecule has 88 valence electrons. The molecule has 0 atom stereocenters. The Labute approximate surface area is 107 Å². The van der Waals surface area contributed by atoms with E-state index in [0.29, 0.717) is 5.56 Å². The lowest BCUT2D eigenvalue weighted by Crippen LogP contribution is -1.99. The lowest BCUT2D eigenvalue weighted by molar-refractivity contribution is 0.0698. The van der Waals surface area contributed by atoms with Gasteiger partial charge in [0.05, 0.1) is 16.0 Å². The second kappa shape index (κ2) is 4.23. The molecule has 1 N–H and O–H groups in total. The largest absolute Gasteiger partial charge is 0.478 e. The first kappa shape index (κ1) is 10.9. The van der Waals surface area contributed by atoms with Crippen LogP contribution in [0.5, 0.6) is 0 Å². The van der Waals surface area contributed by atoms with Crippen LogP contribution in [0.2, 0.25) is 0 Å². The molecule has 0 fully saturated rings. The molecule has 3 aromatic rings. The number of carbonyl (C=O) groups is 1. The van der Waals surface area contributed by atoms with Crippen molar-refractivity contribution in [2.24, 2.45) is 0 Å². The summed E-state index contributed by atoms with van der Waals surface area (Å²) in [6, 6.07) is 11.4. The molecule has 0 amide bonds. The molecule has 0 saturated heterocycles. The number of aromatic nitrogens is 1. The molecule has 2 aromatic carbocycles. The highest BCUT2D eigenvalue weighted by Crippen LogP contribution is 2.31. The fourth-order valence-electron chi connectivity index (χ4n) is 1.97. The van der Waals surface area contributed by atoms with E-state index in [2.05, 4.69) is 4.98 Å². The summed E-state index contributed by atoms with van der Waals surface area (Å²) >= 11 is 1.44. The molecule has 0 bridgehead atoms. The third-order valence-corrected chi connectivity index (χ3v) is 3.62. The van der Waals surface area contributed by atoms with E-state index < -0.39 is 5.97 Å². The van der Waals surface area contributed by atoms with Crippen molar-refractivity contribution in [1.82, 2.24) is 4.98 Å². The van der Waals surface area contributed by atoms with Crippen LogP contribution >= 0.6 is 11.3 Å². The number of carboxylic acid groups (broad SMARTS) is 1. The van der Waals surface area contributed by atoms with E-state index in [4.69, 9.17) is 0 Å². The van der Waals surface area contributed by atoms with Gasteiger partial charge in [0.15, 0.2) is 0 Å². The van der Waals surface area contributed by atoms with Crippen LogP contribution in [0.4, 0.5) is 0 Å². The zero-order chi connectivity index (χ0) is 12.5. The molecule has 18 heavy (non-hydrogen) atoms. The van der Waals surface area contributed by atoms with Crippen molar-refractivity contribution >= 4 is 28.1 Å². The summed E-state index contributed by atoms with van der Waals surface area (Å²) in [5, 5.41) is 11.3. The number of rotatable bonds is 2. The minimum absolute atomic E-state index is 0.318. The lowest BCUT2D eigenvalue weighted by atomic mass is 10.0. The van der Waals surface area contributed by atoms with Crippen molar-refractivity contribution in [3.63, 3.8) is 0 Å². The zero-order valence-corrected chi connectivity index (χ0v) is 10.1. The fourth-order valence-corrected chi connectivity index (χ4v) is 2.62. The van der Waals surface area contributed by atoms with Gasteiger partial charge in [0, 0.05) is 11.8 Å². The van der Waals surface area contributed by atoms with Crippen molar-refractivity contribution in [2.45, 2.75) is 0 Å². The Balaban J connectivity index is 2.34. The summed E-state index contributed by atoms with van der Waals surface area (Å²) in [6.45, 7) is 0. The van der Waals surface area contributed by atoms with Gasteiger partial charge in [0.25, 0.3) is 0 Å². The molecular formula is C14H9NO2S. The fraction of sp³-hybridized carbons (Fsp3) is 0. The van der Waals surface area contributed by atoms with Crippen LogP contribution in [0.3, 0.4) is 0 Å². The first-order valence-corrected chi connectivity index (χ1v) is 6.28. The third-order valence-electron chi connectivity index (χ3n) is 2.81. The number of thiazole rings is 1. The molecule has 4 heteroatoms. The Kier molecular flexibility index (Phi) is 2.57. The van der Waals surface area contributed by atoms with E-state index in [1.807, 2.05) is 30.3 Å².